The SMILES string of the molecule is CN(C)CCN1CCN(C(=O)c2ccccc2F)c2ccccc21. The van der Waals surface area contributed by atoms with Crippen molar-refractivity contribution in [3.63, 3.8) is 0 Å². The Morgan fingerprint density at radius 2 is 1.71 bits per heavy atom. The zero-order valence-corrected chi connectivity index (χ0v) is 14.1. The average molecular weight is 327 g/mol. The van der Waals surface area contributed by atoms with Crippen molar-refractivity contribution >= 4 is 17.3 Å². The molecule has 5 heteroatoms. The fraction of sp³-hybridized carbons (Fsp3) is 0.316. The maximum Gasteiger partial charge on any atom is 0.261 e. The highest BCUT2D eigenvalue weighted by Gasteiger charge is 2.28. The van der Waals surface area contributed by atoms with E-state index in [1.54, 1.807) is 23.1 Å². The number of benzene rings is 2. The van der Waals surface area contributed by atoms with E-state index in [-0.39, 0.29) is 11.5 Å². The van der Waals surface area contributed by atoms with Gasteiger partial charge in [-0.15, -0.1) is 0 Å². The Balaban J connectivity index is 1.89. The summed E-state index contributed by atoms with van der Waals surface area (Å²) in [4.78, 5) is 18.9. The summed E-state index contributed by atoms with van der Waals surface area (Å²) in [6, 6.07) is 14.0. The van der Waals surface area contributed by atoms with Crippen molar-refractivity contribution in [2.45, 2.75) is 0 Å². The molecule has 1 amide bonds. The molecule has 0 bridgehead atoms. The zero-order chi connectivity index (χ0) is 17.1. The molecule has 0 N–H and O–H groups in total. The van der Waals surface area contributed by atoms with Gasteiger partial charge in [0.1, 0.15) is 5.82 Å². The van der Waals surface area contributed by atoms with Crippen molar-refractivity contribution in [3.05, 3.63) is 59.9 Å². The number of hydrogen-bond acceptors (Lipinski definition) is 3. The highest BCUT2D eigenvalue weighted by atomic mass is 19.1. The number of fused-ring (bicyclic) bond motifs is 1. The molecule has 1 heterocycles. The van der Waals surface area contributed by atoms with Crippen LogP contribution in [0.4, 0.5) is 15.8 Å². The van der Waals surface area contributed by atoms with Gasteiger partial charge in [0, 0.05) is 26.2 Å². The average Bonchev–Trinajstić information content (AvgIpc) is 2.59. The van der Waals surface area contributed by atoms with Crippen LogP contribution in [0.3, 0.4) is 0 Å². The molecule has 24 heavy (non-hydrogen) atoms. The Morgan fingerprint density at radius 3 is 2.42 bits per heavy atom. The monoisotopic (exact) mass is 327 g/mol. The van der Waals surface area contributed by atoms with Gasteiger partial charge in [0.25, 0.3) is 5.91 Å². The fourth-order valence-corrected chi connectivity index (χ4v) is 2.97. The second-order valence-corrected chi connectivity index (χ2v) is 6.22. The summed E-state index contributed by atoms with van der Waals surface area (Å²) in [5, 5.41) is 0. The first-order valence-corrected chi connectivity index (χ1v) is 8.13. The van der Waals surface area contributed by atoms with E-state index >= 15 is 0 Å². The minimum atomic E-state index is -0.477. The largest absolute Gasteiger partial charge is 0.367 e. The molecule has 2 aromatic carbocycles. The van der Waals surface area contributed by atoms with E-state index in [2.05, 4.69) is 9.80 Å². The molecule has 0 radical (unpaired) electrons. The van der Waals surface area contributed by atoms with Crippen LogP contribution in [0.25, 0.3) is 0 Å². The van der Waals surface area contributed by atoms with E-state index in [9.17, 15) is 9.18 Å². The number of nitrogens with zero attached hydrogens (tertiary/aromatic N) is 3. The molecule has 0 atom stereocenters. The van der Waals surface area contributed by atoms with Crippen molar-refractivity contribution in [2.24, 2.45) is 0 Å². The molecule has 4 nitrogen and oxygen atoms in total. The third-order valence-corrected chi connectivity index (χ3v) is 4.27. The number of carbonyl (C=O) groups excluding carboxylic acids is 1. The Kier molecular flexibility index (Phi) is 4.81. The molecular weight excluding hydrogens is 305 g/mol. The highest BCUT2D eigenvalue weighted by Crippen LogP contribution is 2.33. The van der Waals surface area contributed by atoms with Gasteiger partial charge in [0.15, 0.2) is 0 Å². The first kappa shape index (κ1) is 16.5. The Morgan fingerprint density at radius 1 is 1.04 bits per heavy atom. The number of likely N-dealkylation sites (N-methyl/N-ethyl adjacent to an activating group) is 1. The number of carbonyl (C=O) groups is 1. The fourth-order valence-electron chi connectivity index (χ4n) is 2.97. The predicted octanol–water partition coefficient (Wildman–Crippen LogP) is 2.85. The molecular formula is C19H22FN3O. The van der Waals surface area contributed by atoms with Crippen LogP contribution in [0.1, 0.15) is 10.4 Å². The molecule has 0 aliphatic carbocycles. The zero-order valence-electron chi connectivity index (χ0n) is 14.1. The van der Waals surface area contributed by atoms with Crippen LogP contribution in [0.15, 0.2) is 48.5 Å². The van der Waals surface area contributed by atoms with Gasteiger partial charge in [-0.05, 0) is 38.4 Å². The van der Waals surface area contributed by atoms with Gasteiger partial charge in [-0.2, -0.15) is 0 Å². The number of halogens is 1. The summed E-state index contributed by atoms with van der Waals surface area (Å²) in [6.07, 6.45) is 0. The minimum Gasteiger partial charge on any atom is -0.367 e. The lowest BCUT2D eigenvalue weighted by molar-refractivity contribution is 0.0982. The second-order valence-electron chi connectivity index (χ2n) is 6.22. The van der Waals surface area contributed by atoms with Crippen LogP contribution in [-0.4, -0.2) is 51.1 Å². The molecule has 0 unspecified atom stereocenters. The highest BCUT2D eigenvalue weighted by molar-refractivity contribution is 6.08. The van der Waals surface area contributed by atoms with Crippen LogP contribution in [0.2, 0.25) is 0 Å². The van der Waals surface area contributed by atoms with Crippen LogP contribution in [-0.2, 0) is 0 Å². The van der Waals surface area contributed by atoms with E-state index in [0.29, 0.717) is 6.54 Å². The lowest BCUT2D eigenvalue weighted by Gasteiger charge is -2.38. The molecule has 126 valence electrons. The number of amides is 1. The van der Waals surface area contributed by atoms with Crippen LogP contribution >= 0.6 is 0 Å². The van der Waals surface area contributed by atoms with Gasteiger partial charge in [0.2, 0.25) is 0 Å². The number of anilines is 2. The third kappa shape index (κ3) is 3.26. The molecule has 1 aliphatic rings. The number of hydrogen-bond donors (Lipinski definition) is 0. The first-order valence-electron chi connectivity index (χ1n) is 8.13. The summed E-state index contributed by atoms with van der Waals surface area (Å²) < 4.78 is 14.0. The van der Waals surface area contributed by atoms with Gasteiger partial charge < -0.3 is 14.7 Å². The lowest BCUT2D eigenvalue weighted by atomic mass is 10.1. The van der Waals surface area contributed by atoms with Gasteiger partial charge in [-0.1, -0.05) is 24.3 Å². The van der Waals surface area contributed by atoms with Crippen molar-refractivity contribution in [1.82, 2.24) is 4.90 Å². The normalized spacial score (nSPS) is 14.0. The van der Waals surface area contributed by atoms with Gasteiger partial charge in [-0.3, -0.25) is 4.79 Å². The maximum atomic E-state index is 14.0. The molecule has 0 fully saturated rings. The standard InChI is InChI=1S/C19H22FN3O/c1-21(2)11-12-22-13-14-23(18-10-6-5-9-17(18)22)19(24)15-7-3-4-8-16(15)20/h3-10H,11-14H2,1-2H3. The van der Waals surface area contributed by atoms with E-state index in [1.807, 2.05) is 38.4 Å². The maximum absolute atomic E-state index is 14.0. The molecule has 1 aliphatic heterocycles. The summed E-state index contributed by atoms with van der Waals surface area (Å²) >= 11 is 0. The summed E-state index contributed by atoms with van der Waals surface area (Å²) in [6.45, 7) is 3.13. The lowest BCUT2D eigenvalue weighted by Crippen LogP contribution is -2.46. The summed E-state index contributed by atoms with van der Waals surface area (Å²) in [5.41, 5.74) is 1.99. The quantitative estimate of drug-likeness (QED) is 0.864. The Bertz CT molecular complexity index is 732. The first-order chi connectivity index (χ1) is 11.6. The van der Waals surface area contributed by atoms with Gasteiger partial charge in [0.05, 0.1) is 16.9 Å². The molecule has 0 saturated heterocycles. The van der Waals surface area contributed by atoms with Crippen molar-refractivity contribution < 1.29 is 9.18 Å². The van der Waals surface area contributed by atoms with E-state index in [1.165, 1.54) is 6.07 Å². The molecule has 0 aromatic heterocycles. The van der Waals surface area contributed by atoms with Crippen molar-refractivity contribution in [2.75, 3.05) is 50.1 Å². The third-order valence-electron chi connectivity index (χ3n) is 4.27. The van der Waals surface area contributed by atoms with Crippen molar-refractivity contribution in [3.8, 4) is 0 Å². The summed E-state index contributed by atoms with van der Waals surface area (Å²) in [5.74, 6) is -0.761. The Hall–Kier alpha value is -2.40. The van der Waals surface area contributed by atoms with Crippen LogP contribution in [0, 0.1) is 5.82 Å². The smallest absolute Gasteiger partial charge is 0.261 e. The molecule has 0 spiro atoms. The molecule has 3 rings (SSSR count). The topological polar surface area (TPSA) is 26.8 Å². The number of rotatable bonds is 4. The minimum absolute atomic E-state index is 0.119. The second kappa shape index (κ2) is 7.01. The Labute approximate surface area is 142 Å². The predicted molar refractivity (Wildman–Crippen MR) is 95.3 cm³/mol. The van der Waals surface area contributed by atoms with E-state index < -0.39 is 5.82 Å². The van der Waals surface area contributed by atoms with E-state index in [0.717, 1.165) is 31.0 Å². The van der Waals surface area contributed by atoms with Crippen LogP contribution in [0.5, 0.6) is 0 Å². The van der Waals surface area contributed by atoms with Crippen molar-refractivity contribution in [1.29, 1.82) is 0 Å². The van der Waals surface area contributed by atoms with Gasteiger partial charge in [-0.25, -0.2) is 4.39 Å². The molecule has 0 saturated carbocycles. The van der Waals surface area contributed by atoms with E-state index in [4.69, 9.17) is 0 Å². The summed E-state index contributed by atoms with van der Waals surface area (Å²) in [7, 11) is 4.09. The van der Waals surface area contributed by atoms with Crippen LogP contribution < -0.4 is 9.80 Å². The van der Waals surface area contributed by atoms with Gasteiger partial charge >= 0.3 is 0 Å². The number of para-hydroxylation sites is 2. The molecule has 2 aromatic rings.